The van der Waals surface area contributed by atoms with E-state index in [2.05, 4.69) is 24.6 Å². The van der Waals surface area contributed by atoms with Gasteiger partial charge in [-0.1, -0.05) is 26.2 Å². The van der Waals surface area contributed by atoms with Crippen LogP contribution >= 0.6 is 0 Å². The summed E-state index contributed by atoms with van der Waals surface area (Å²) in [4.78, 5) is 0. The summed E-state index contributed by atoms with van der Waals surface area (Å²) < 4.78 is 0. The van der Waals surface area contributed by atoms with E-state index in [-0.39, 0.29) is 0 Å². The SMILES string of the molecule is CCC1(NCCC2(NC)CCCCC2)CCC1. The zero-order chi connectivity index (χ0) is 12.2. The minimum absolute atomic E-state index is 0.448. The van der Waals surface area contributed by atoms with E-state index in [0.29, 0.717) is 11.1 Å². The van der Waals surface area contributed by atoms with Crippen LogP contribution in [0.15, 0.2) is 0 Å². The summed E-state index contributed by atoms with van der Waals surface area (Å²) in [5.41, 5.74) is 0.966. The van der Waals surface area contributed by atoms with Gasteiger partial charge in [0.1, 0.15) is 0 Å². The van der Waals surface area contributed by atoms with E-state index in [0.717, 1.165) is 0 Å². The number of hydrogen-bond donors (Lipinski definition) is 2. The van der Waals surface area contributed by atoms with Crippen molar-refractivity contribution >= 4 is 0 Å². The highest BCUT2D eigenvalue weighted by Gasteiger charge is 2.35. The smallest absolute Gasteiger partial charge is 0.0190 e. The standard InChI is InChI=1S/C15H30N2/c1-3-14(10-7-11-14)17-13-12-15(16-2)8-5-4-6-9-15/h16-17H,3-13H2,1-2H3. The molecule has 0 unspecified atom stereocenters. The summed E-state index contributed by atoms with van der Waals surface area (Å²) >= 11 is 0. The van der Waals surface area contributed by atoms with E-state index in [9.17, 15) is 0 Å². The summed E-state index contributed by atoms with van der Waals surface area (Å²) in [6.45, 7) is 3.54. The van der Waals surface area contributed by atoms with Gasteiger partial charge in [-0.25, -0.2) is 0 Å². The van der Waals surface area contributed by atoms with Crippen LogP contribution in [0.2, 0.25) is 0 Å². The molecule has 0 radical (unpaired) electrons. The third kappa shape index (κ3) is 3.03. The molecule has 0 amide bonds. The minimum Gasteiger partial charge on any atom is -0.314 e. The summed E-state index contributed by atoms with van der Waals surface area (Å²) in [6, 6.07) is 0. The first-order valence-electron chi connectivity index (χ1n) is 7.68. The Kier molecular flexibility index (Phi) is 4.48. The molecule has 2 N–H and O–H groups in total. The van der Waals surface area contributed by atoms with E-state index >= 15 is 0 Å². The van der Waals surface area contributed by atoms with Crippen molar-refractivity contribution in [1.29, 1.82) is 0 Å². The van der Waals surface area contributed by atoms with Gasteiger partial charge in [0.2, 0.25) is 0 Å². The Balaban J connectivity index is 1.75. The molecule has 2 saturated carbocycles. The van der Waals surface area contributed by atoms with Gasteiger partial charge in [-0.05, 0) is 58.5 Å². The lowest BCUT2D eigenvalue weighted by molar-refractivity contribution is 0.159. The predicted octanol–water partition coefficient (Wildman–Crippen LogP) is 3.22. The number of rotatable bonds is 6. The first-order chi connectivity index (χ1) is 8.24. The first-order valence-corrected chi connectivity index (χ1v) is 7.68. The quantitative estimate of drug-likeness (QED) is 0.742. The normalized spacial score (nSPS) is 26.5. The molecule has 0 aromatic rings. The summed E-state index contributed by atoms with van der Waals surface area (Å²) in [5.74, 6) is 0. The molecule has 2 rings (SSSR count). The van der Waals surface area contributed by atoms with E-state index in [1.165, 1.54) is 70.8 Å². The van der Waals surface area contributed by atoms with Gasteiger partial charge in [0.05, 0.1) is 0 Å². The highest BCUT2D eigenvalue weighted by Crippen LogP contribution is 2.35. The van der Waals surface area contributed by atoms with Crippen molar-refractivity contribution in [3.05, 3.63) is 0 Å². The topological polar surface area (TPSA) is 24.1 Å². The highest BCUT2D eigenvalue weighted by molar-refractivity contribution is 4.96. The lowest BCUT2D eigenvalue weighted by atomic mass is 9.74. The van der Waals surface area contributed by atoms with Crippen molar-refractivity contribution in [2.24, 2.45) is 0 Å². The van der Waals surface area contributed by atoms with Gasteiger partial charge in [0.25, 0.3) is 0 Å². The molecule has 2 fully saturated rings. The Morgan fingerprint density at radius 2 is 1.53 bits per heavy atom. The molecule has 0 heterocycles. The molecule has 0 spiro atoms. The van der Waals surface area contributed by atoms with E-state index in [4.69, 9.17) is 0 Å². The highest BCUT2D eigenvalue weighted by atomic mass is 15.0. The third-order valence-corrected chi connectivity index (χ3v) is 5.43. The number of nitrogens with one attached hydrogen (secondary N) is 2. The van der Waals surface area contributed by atoms with Gasteiger partial charge in [-0.3, -0.25) is 0 Å². The summed E-state index contributed by atoms with van der Waals surface area (Å²) in [5, 5.41) is 7.47. The molecule has 17 heavy (non-hydrogen) atoms. The molecule has 0 saturated heterocycles. The summed E-state index contributed by atoms with van der Waals surface area (Å²) in [7, 11) is 2.16. The van der Waals surface area contributed by atoms with Gasteiger partial charge in [0, 0.05) is 11.1 Å². The molecule has 100 valence electrons. The third-order valence-electron chi connectivity index (χ3n) is 5.43. The largest absolute Gasteiger partial charge is 0.314 e. The van der Waals surface area contributed by atoms with Gasteiger partial charge in [-0.15, -0.1) is 0 Å². The van der Waals surface area contributed by atoms with E-state index in [1.807, 2.05) is 0 Å². The fraction of sp³-hybridized carbons (Fsp3) is 1.00. The minimum atomic E-state index is 0.448. The lowest BCUT2D eigenvalue weighted by Crippen LogP contribution is -2.53. The van der Waals surface area contributed by atoms with Crippen molar-refractivity contribution in [2.75, 3.05) is 13.6 Å². The Morgan fingerprint density at radius 3 is 2.00 bits per heavy atom. The second-order valence-corrected chi connectivity index (χ2v) is 6.26. The fourth-order valence-corrected chi connectivity index (χ4v) is 3.68. The van der Waals surface area contributed by atoms with Gasteiger partial charge < -0.3 is 10.6 Å². The van der Waals surface area contributed by atoms with E-state index in [1.54, 1.807) is 0 Å². The average molecular weight is 238 g/mol. The zero-order valence-corrected chi connectivity index (χ0v) is 11.8. The Bertz CT molecular complexity index is 222. The first kappa shape index (κ1) is 13.4. The molecule has 0 aromatic heterocycles. The van der Waals surface area contributed by atoms with Crippen molar-refractivity contribution in [1.82, 2.24) is 10.6 Å². The Hall–Kier alpha value is -0.0800. The van der Waals surface area contributed by atoms with Crippen LogP contribution < -0.4 is 10.6 Å². The molecule has 0 aromatic carbocycles. The summed E-state index contributed by atoms with van der Waals surface area (Å²) in [6.07, 6.45) is 13.9. The maximum atomic E-state index is 3.85. The monoisotopic (exact) mass is 238 g/mol. The zero-order valence-electron chi connectivity index (χ0n) is 11.8. The number of hydrogen-bond acceptors (Lipinski definition) is 2. The van der Waals surface area contributed by atoms with Crippen LogP contribution in [0.25, 0.3) is 0 Å². The Labute approximate surface area is 107 Å². The molecule has 2 aliphatic carbocycles. The molecule has 0 bridgehead atoms. The van der Waals surface area contributed by atoms with Gasteiger partial charge >= 0.3 is 0 Å². The van der Waals surface area contributed by atoms with Crippen LogP contribution in [-0.4, -0.2) is 24.7 Å². The second-order valence-electron chi connectivity index (χ2n) is 6.26. The van der Waals surface area contributed by atoms with Crippen molar-refractivity contribution in [3.63, 3.8) is 0 Å². The van der Waals surface area contributed by atoms with Crippen LogP contribution in [0.5, 0.6) is 0 Å². The Morgan fingerprint density at radius 1 is 0.882 bits per heavy atom. The predicted molar refractivity (Wildman–Crippen MR) is 74.4 cm³/mol. The molecule has 2 heteroatoms. The van der Waals surface area contributed by atoms with Crippen LogP contribution in [0.4, 0.5) is 0 Å². The molecule has 0 atom stereocenters. The molecular weight excluding hydrogens is 208 g/mol. The molecule has 2 aliphatic rings. The van der Waals surface area contributed by atoms with E-state index < -0.39 is 0 Å². The van der Waals surface area contributed by atoms with Crippen molar-refractivity contribution in [3.8, 4) is 0 Å². The fourth-order valence-electron chi connectivity index (χ4n) is 3.68. The van der Waals surface area contributed by atoms with Gasteiger partial charge in [0.15, 0.2) is 0 Å². The van der Waals surface area contributed by atoms with Crippen LogP contribution in [0, 0.1) is 0 Å². The second kappa shape index (κ2) is 5.71. The average Bonchev–Trinajstić information content (AvgIpc) is 2.34. The van der Waals surface area contributed by atoms with Crippen LogP contribution in [0.3, 0.4) is 0 Å². The molecular formula is C15H30N2. The maximum Gasteiger partial charge on any atom is 0.0190 e. The molecule has 2 nitrogen and oxygen atoms in total. The maximum absolute atomic E-state index is 3.85. The van der Waals surface area contributed by atoms with Crippen molar-refractivity contribution in [2.45, 2.75) is 82.2 Å². The van der Waals surface area contributed by atoms with Crippen LogP contribution in [-0.2, 0) is 0 Å². The van der Waals surface area contributed by atoms with Crippen LogP contribution in [0.1, 0.15) is 71.1 Å². The van der Waals surface area contributed by atoms with Gasteiger partial charge in [-0.2, -0.15) is 0 Å². The molecule has 0 aliphatic heterocycles. The van der Waals surface area contributed by atoms with Crippen molar-refractivity contribution < 1.29 is 0 Å². The lowest BCUT2D eigenvalue weighted by Gasteiger charge is -2.44.